The van der Waals surface area contributed by atoms with Crippen LogP contribution in [0.25, 0.3) is 0 Å². The molecule has 0 radical (unpaired) electrons. The molecule has 1 unspecified atom stereocenters. The molecule has 1 saturated carbocycles. The van der Waals surface area contributed by atoms with Crippen LogP contribution in [0.2, 0.25) is 0 Å². The molecule has 1 atom stereocenters. The van der Waals surface area contributed by atoms with Crippen molar-refractivity contribution in [1.82, 2.24) is 4.90 Å². The number of nitrogens with zero attached hydrogens (tertiary/aromatic N) is 1. The van der Waals surface area contributed by atoms with Gasteiger partial charge in [-0.05, 0) is 32.7 Å². The Balaban J connectivity index is 2.67. The van der Waals surface area contributed by atoms with Crippen molar-refractivity contribution in [3.05, 3.63) is 0 Å². The van der Waals surface area contributed by atoms with Gasteiger partial charge in [-0.25, -0.2) is 0 Å². The van der Waals surface area contributed by atoms with E-state index in [1.165, 1.54) is 44.9 Å². The lowest BCUT2D eigenvalue weighted by atomic mass is 9.87. The molecule has 1 aliphatic rings. The van der Waals surface area contributed by atoms with Crippen molar-refractivity contribution >= 4 is 0 Å². The van der Waals surface area contributed by atoms with E-state index in [2.05, 4.69) is 25.8 Å². The van der Waals surface area contributed by atoms with Gasteiger partial charge in [0, 0.05) is 18.1 Å². The highest BCUT2D eigenvalue weighted by molar-refractivity contribution is 4.93. The van der Waals surface area contributed by atoms with E-state index in [1.807, 2.05) is 0 Å². The Bertz CT molecular complexity index is 169. The second kappa shape index (κ2) is 5.86. The number of hydrogen-bond donors (Lipinski definition) is 1. The molecule has 2 N–H and O–H groups in total. The minimum Gasteiger partial charge on any atom is -0.329 e. The summed E-state index contributed by atoms with van der Waals surface area (Å²) >= 11 is 0. The normalized spacial score (nSPS) is 22.2. The number of rotatable bonds is 6. The molecule has 0 bridgehead atoms. The SMILES string of the molecule is CCCC(CC)(CN)N(C)C1CCCC1. The highest BCUT2D eigenvalue weighted by Crippen LogP contribution is 2.31. The molecule has 0 spiro atoms. The zero-order valence-electron chi connectivity index (χ0n) is 10.8. The van der Waals surface area contributed by atoms with Gasteiger partial charge < -0.3 is 5.73 Å². The average molecular weight is 212 g/mol. The second-order valence-corrected chi connectivity index (χ2v) is 5.08. The monoisotopic (exact) mass is 212 g/mol. The van der Waals surface area contributed by atoms with E-state index >= 15 is 0 Å². The Hall–Kier alpha value is -0.0800. The molecule has 1 aliphatic carbocycles. The fourth-order valence-corrected chi connectivity index (χ4v) is 3.14. The standard InChI is InChI=1S/C13H28N2/c1-4-10-13(5-2,11-14)15(3)12-8-6-7-9-12/h12H,4-11,14H2,1-3H3. The molecule has 2 nitrogen and oxygen atoms in total. The van der Waals surface area contributed by atoms with Crippen molar-refractivity contribution in [2.45, 2.75) is 70.4 Å². The van der Waals surface area contributed by atoms with Crippen LogP contribution in [0.3, 0.4) is 0 Å². The van der Waals surface area contributed by atoms with Crippen LogP contribution < -0.4 is 5.73 Å². The molecule has 90 valence electrons. The summed E-state index contributed by atoms with van der Waals surface area (Å²) in [7, 11) is 2.29. The van der Waals surface area contributed by atoms with Crippen molar-refractivity contribution in [3.63, 3.8) is 0 Å². The van der Waals surface area contributed by atoms with E-state index in [0.717, 1.165) is 12.6 Å². The quantitative estimate of drug-likeness (QED) is 0.733. The van der Waals surface area contributed by atoms with Crippen molar-refractivity contribution < 1.29 is 0 Å². The van der Waals surface area contributed by atoms with E-state index in [4.69, 9.17) is 5.73 Å². The van der Waals surface area contributed by atoms with Crippen LogP contribution in [0, 0.1) is 0 Å². The molecule has 0 heterocycles. The summed E-state index contributed by atoms with van der Waals surface area (Å²) in [6.45, 7) is 5.36. The fourth-order valence-electron chi connectivity index (χ4n) is 3.14. The molecule has 1 rings (SSSR count). The van der Waals surface area contributed by atoms with Gasteiger partial charge in [-0.15, -0.1) is 0 Å². The summed E-state index contributed by atoms with van der Waals surface area (Å²) in [6.07, 6.45) is 9.24. The van der Waals surface area contributed by atoms with Gasteiger partial charge in [-0.3, -0.25) is 4.90 Å². The van der Waals surface area contributed by atoms with Gasteiger partial charge in [0.25, 0.3) is 0 Å². The molecule has 0 amide bonds. The number of likely N-dealkylation sites (N-methyl/N-ethyl adjacent to an activating group) is 1. The molecule has 0 aliphatic heterocycles. The van der Waals surface area contributed by atoms with Crippen LogP contribution in [0.15, 0.2) is 0 Å². The third kappa shape index (κ3) is 2.73. The second-order valence-electron chi connectivity index (χ2n) is 5.08. The van der Waals surface area contributed by atoms with Gasteiger partial charge in [0.05, 0.1) is 0 Å². The maximum absolute atomic E-state index is 6.03. The summed E-state index contributed by atoms with van der Waals surface area (Å²) in [5, 5.41) is 0. The molecular formula is C13H28N2. The Morgan fingerprint density at radius 1 is 1.27 bits per heavy atom. The number of nitrogens with two attached hydrogens (primary N) is 1. The van der Waals surface area contributed by atoms with E-state index in [9.17, 15) is 0 Å². The highest BCUT2D eigenvalue weighted by Gasteiger charge is 2.35. The Labute approximate surface area is 95.2 Å². The smallest absolute Gasteiger partial charge is 0.0328 e. The maximum Gasteiger partial charge on any atom is 0.0328 e. The predicted octanol–water partition coefficient (Wildman–Crippen LogP) is 2.77. The average Bonchev–Trinajstić information content (AvgIpc) is 2.78. The van der Waals surface area contributed by atoms with Gasteiger partial charge in [-0.2, -0.15) is 0 Å². The molecule has 2 heteroatoms. The van der Waals surface area contributed by atoms with Gasteiger partial charge >= 0.3 is 0 Å². The summed E-state index contributed by atoms with van der Waals surface area (Å²) < 4.78 is 0. The highest BCUT2D eigenvalue weighted by atomic mass is 15.2. The molecular weight excluding hydrogens is 184 g/mol. The first-order chi connectivity index (χ1) is 7.20. The summed E-state index contributed by atoms with van der Waals surface area (Å²) in [5.74, 6) is 0. The van der Waals surface area contributed by atoms with Crippen LogP contribution in [-0.2, 0) is 0 Å². The first-order valence-corrected chi connectivity index (χ1v) is 6.63. The lowest BCUT2D eigenvalue weighted by Crippen LogP contribution is -2.55. The van der Waals surface area contributed by atoms with Gasteiger partial charge in [0.2, 0.25) is 0 Å². The topological polar surface area (TPSA) is 29.3 Å². The van der Waals surface area contributed by atoms with Crippen molar-refractivity contribution in [2.24, 2.45) is 5.73 Å². The number of hydrogen-bond acceptors (Lipinski definition) is 2. The third-order valence-corrected chi connectivity index (χ3v) is 4.37. The lowest BCUT2D eigenvalue weighted by Gasteiger charge is -2.44. The van der Waals surface area contributed by atoms with Gasteiger partial charge in [0.1, 0.15) is 0 Å². The molecule has 0 aromatic rings. The van der Waals surface area contributed by atoms with Crippen LogP contribution in [0.4, 0.5) is 0 Å². The summed E-state index contributed by atoms with van der Waals surface area (Å²) in [5.41, 5.74) is 6.30. The Morgan fingerprint density at radius 2 is 1.87 bits per heavy atom. The van der Waals surface area contributed by atoms with Gasteiger partial charge in [-0.1, -0.05) is 33.1 Å². The van der Waals surface area contributed by atoms with Crippen molar-refractivity contribution in [2.75, 3.05) is 13.6 Å². The van der Waals surface area contributed by atoms with Crippen LogP contribution in [-0.4, -0.2) is 30.1 Å². The van der Waals surface area contributed by atoms with Crippen LogP contribution >= 0.6 is 0 Å². The summed E-state index contributed by atoms with van der Waals surface area (Å²) in [4.78, 5) is 2.60. The first-order valence-electron chi connectivity index (χ1n) is 6.63. The molecule has 0 saturated heterocycles. The van der Waals surface area contributed by atoms with Crippen molar-refractivity contribution in [3.8, 4) is 0 Å². The predicted molar refractivity (Wildman–Crippen MR) is 67.0 cm³/mol. The van der Waals surface area contributed by atoms with E-state index in [0.29, 0.717) is 0 Å². The first kappa shape index (κ1) is 13.0. The van der Waals surface area contributed by atoms with Crippen molar-refractivity contribution in [1.29, 1.82) is 0 Å². The van der Waals surface area contributed by atoms with Crippen LogP contribution in [0.1, 0.15) is 58.8 Å². The van der Waals surface area contributed by atoms with Crippen LogP contribution in [0.5, 0.6) is 0 Å². The van der Waals surface area contributed by atoms with E-state index < -0.39 is 0 Å². The third-order valence-electron chi connectivity index (χ3n) is 4.37. The minimum absolute atomic E-state index is 0.268. The zero-order valence-corrected chi connectivity index (χ0v) is 10.8. The minimum atomic E-state index is 0.268. The Morgan fingerprint density at radius 3 is 2.27 bits per heavy atom. The van der Waals surface area contributed by atoms with Gasteiger partial charge in [0.15, 0.2) is 0 Å². The molecule has 0 aromatic heterocycles. The molecule has 15 heavy (non-hydrogen) atoms. The maximum atomic E-state index is 6.03. The fraction of sp³-hybridized carbons (Fsp3) is 1.00. The summed E-state index contributed by atoms with van der Waals surface area (Å²) in [6, 6.07) is 0.792. The molecule has 0 aromatic carbocycles. The molecule has 1 fully saturated rings. The largest absolute Gasteiger partial charge is 0.329 e. The van der Waals surface area contributed by atoms with E-state index in [1.54, 1.807) is 0 Å². The lowest BCUT2D eigenvalue weighted by molar-refractivity contribution is 0.0662. The zero-order chi connectivity index (χ0) is 11.3. The van der Waals surface area contributed by atoms with E-state index in [-0.39, 0.29) is 5.54 Å². The Kier molecular flexibility index (Phi) is 5.07.